The van der Waals surface area contributed by atoms with Gasteiger partial charge in [-0.05, 0) is 272 Å². The monoisotopic (exact) mass is 2020 g/mol. The van der Waals surface area contributed by atoms with Gasteiger partial charge in [0.2, 0.25) is 0 Å². The smallest absolute Gasteiger partial charge is 0.306 e. The van der Waals surface area contributed by atoms with Crippen molar-refractivity contribution in [1.29, 1.82) is 0 Å². The lowest BCUT2D eigenvalue weighted by molar-refractivity contribution is -0.142. The van der Waals surface area contributed by atoms with Crippen LogP contribution in [0.1, 0.15) is 319 Å². The Balaban J connectivity index is 0.000000477. The molecule has 4 atom stereocenters. The molecular weight excluding hydrogens is 1880 g/mol. The van der Waals surface area contributed by atoms with Gasteiger partial charge < -0.3 is 38.6 Å². The number of hydrogen-bond acceptors (Lipinski definition) is 12. The predicted molar refractivity (Wildman–Crippen MR) is 550 cm³/mol. The first-order valence-electron chi connectivity index (χ1n) is 45.5. The number of carbonyl (C=O) groups is 4. The number of rotatable bonds is 32. The van der Waals surface area contributed by atoms with Crippen LogP contribution in [0.3, 0.4) is 0 Å². The highest BCUT2D eigenvalue weighted by atomic mass is 35.5. The van der Waals surface area contributed by atoms with Crippen LogP contribution >= 0.6 is 11.6 Å². The molecule has 0 spiro atoms. The third kappa shape index (κ3) is 32.2. The Kier molecular flexibility index (Phi) is 50.2. The molecule has 12 nitrogen and oxygen atoms in total. The number of halogens is 14. The molecule has 0 saturated carbocycles. The fourth-order valence-corrected chi connectivity index (χ4v) is 17.6. The summed E-state index contributed by atoms with van der Waals surface area (Å²) >= 11 is 5.98. The molecule has 0 aliphatic heterocycles. The molecule has 13 rings (SSSR count). The van der Waals surface area contributed by atoms with Crippen LogP contribution in [0.2, 0.25) is 0 Å². The van der Waals surface area contributed by atoms with Crippen molar-refractivity contribution < 1.29 is 115 Å². The van der Waals surface area contributed by atoms with E-state index in [2.05, 4.69) is 69.2 Å². The van der Waals surface area contributed by atoms with Crippen molar-refractivity contribution in [1.82, 2.24) is 0 Å². The summed E-state index contributed by atoms with van der Waals surface area (Å²) in [6, 6.07) is 45.0. The maximum atomic E-state index is 15.4. The molecular formula is C117H142ClF13O12. The molecule has 3 aliphatic rings. The molecule has 0 saturated heterocycles. The van der Waals surface area contributed by atoms with Gasteiger partial charge in [0.1, 0.15) is 30.7 Å². The number of aromatic hydroxyl groups is 2. The highest BCUT2D eigenvalue weighted by Crippen LogP contribution is 2.52. The van der Waals surface area contributed by atoms with Crippen molar-refractivity contribution in [3.8, 4) is 56.4 Å². The maximum absolute atomic E-state index is 15.4. The minimum atomic E-state index is -2.72. The van der Waals surface area contributed by atoms with Gasteiger partial charge in [-0.2, -0.15) is 0 Å². The lowest BCUT2D eigenvalue weighted by Gasteiger charge is -2.26. The van der Waals surface area contributed by atoms with Crippen LogP contribution in [0, 0.1) is 57.0 Å². The van der Waals surface area contributed by atoms with Gasteiger partial charge in [-0.1, -0.05) is 235 Å². The van der Waals surface area contributed by atoms with Crippen molar-refractivity contribution in [2.75, 3.05) is 28.4 Å². The summed E-state index contributed by atoms with van der Waals surface area (Å²) in [5.74, 6) is -7.15. The Bertz CT molecular complexity index is 5670. The fourth-order valence-electron chi connectivity index (χ4n) is 17.4. The van der Waals surface area contributed by atoms with Crippen molar-refractivity contribution in [3.63, 3.8) is 0 Å². The summed E-state index contributed by atoms with van der Waals surface area (Å²) in [4.78, 5) is 45.9. The van der Waals surface area contributed by atoms with Crippen LogP contribution in [-0.4, -0.2) is 62.5 Å². The van der Waals surface area contributed by atoms with Crippen LogP contribution in [0.15, 0.2) is 200 Å². The largest absolute Gasteiger partial charge is 0.505 e. The van der Waals surface area contributed by atoms with Crippen molar-refractivity contribution in [2.45, 2.75) is 266 Å². The van der Waals surface area contributed by atoms with Gasteiger partial charge in [0.25, 0.3) is 19.3 Å². The number of allylic oxidation sites excluding steroid dienone is 6. The molecule has 143 heavy (non-hydrogen) atoms. The number of carbonyl (C=O) groups excluding carboxylic acids is 4. The average Bonchev–Trinajstić information content (AvgIpc) is 1.72. The third-order valence-electron chi connectivity index (χ3n) is 25.5. The number of phenols is 2. The van der Waals surface area contributed by atoms with E-state index >= 15 is 8.78 Å². The van der Waals surface area contributed by atoms with E-state index in [0.29, 0.717) is 70.5 Å². The fraction of sp³-hybridized carbons (Fsp3) is 0.402. The van der Waals surface area contributed by atoms with Gasteiger partial charge in [0.15, 0.2) is 46.3 Å². The second kappa shape index (κ2) is 57.4. The first-order chi connectivity index (χ1) is 65.1. The van der Waals surface area contributed by atoms with E-state index in [1.54, 1.807) is 78.9 Å². The summed E-state index contributed by atoms with van der Waals surface area (Å²) in [7, 11) is 5.20. The maximum Gasteiger partial charge on any atom is 0.306 e. The molecule has 0 radical (unpaired) electrons. The van der Waals surface area contributed by atoms with Crippen molar-refractivity contribution in [2.24, 2.45) is 16.2 Å². The summed E-state index contributed by atoms with van der Waals surface area (Å²) in [6.45, 7) is 20.2. The first-order valence-corrected chi connectivity index (χ1v) is 46.0. The lowest BCUT2D eigenvalue weighted by atomic mass is 9.79. The molecule has 0 bridgehead atoms. The molecule has 0 aromatic heterocycles. The zero-order chi connectivity index (χ0) is 101. The Labute approximate surface area is 842 Å². The summed E-state index contributed by atoms with van der Waals surface area (Å²) in [5, 5.41) is 18.5. The zero-order valence-corrected chi connectivity index (χ0v) is 80.1. The van der Waals surface area contributed by atoms with Gasteiger partial charge in [0.05, 0.1) is 54.1 Å². The number of esters is 4. The highest BCUT2D eigenvalue weighted by Gasteiger charge is 2.36. The molecule has 0 heterocycles. The normalized spacial score (nSPS) is 14.1. The number of ether oxygens (including phenoxy) is 6. The number of alkyl halides is 7. The van der Waals surface area contributed by atoms with E-state index in [0.717, 1.165) is 125 Å². The minimum absolute atomic E-state index is 0. The Morgan fingerprint density at radius 3 is 0.818 bits per heavy atom. The van der Waals surface area contributed by atoms with E-state index < -0.39 is 71.9 Å². The van der Waals surface area contributed by atoms with Crippen LogP contribution < -0.4 is 9.47 Å². The lowest BCUT2D eigenvalue weighted by Crippen LogP contribution is -2.11. The Morgan fingerprint density at radius 1 is 0.329 bits per heavy atom. The topological polar surface area (TPSA) is 164 Å². The number of hydrogen-bond donors (Lipinski definition) is 2. The molecule has 780 valence electrons. The second-order valence-corrected chi connectivity index (χ2v) is 36.1. The van der Waals surface area contributed by atoms with Gasteiger partial charge >= 0.3 is 23.9 Å². The molecule has 0 amide bonds. The Morgan fingerprint density at radius 2 is 0.580 bits per heavy atom. The number of benzene rings is 10. The van der Waals surface area contributed by atoms with Crippen molar-refractivity contribution in [3.05, 3.63) is 313 Å². The van der Waals surface area contributed by atoms with Crippen LogP contribution in [-0.2, 0) is 57.2 Å². The first kappa shape index (κ1) is 125. The van der Waals surface area contributed by atoms with E-state index in [4.69, 9.17) is 30.5 Å². The molecule has 10 aromatic rings. The van der Waals surface area contributed by atoms with Gasteiger partial charge in [-0.3, -0.25) is 19.2 Å². The molecule has 26 heteroatoms. The van der Waals surface area contributed by atoms with Crippen LogP contribution in [0.25, 0.3) is 50.1 Å². The summed E-state index contributed by atoms with van der Waals surface area (Å²) in [5.41, 5.74) is 10.3. The van der Waals surface area contributed by atoms with E-state index in [-0.39, 0.29) is 192 Å². The molecule has 2 N–H and O–H groups in total. The number of methoxy groups -OCH3 is 4. The van der Waals surface area contributed by atoms with E-state index in [1.165, 1.54) is 70.9 Å². The minimum Gasteiger partial charge on any atom is -0.505 e. The van der Waals surface area contributed by atoms with Gasteiger partial charge in [0, 0.05) is 39.3 Å². The highest BCUT2D eigenvalue weighted by molar-refractivity contribution is 6.17. The number of phenolic OH excluding ortho intramolecular Hbond substituents is 2. The quantitative estimate of drug-likeness (QED) is 0.0178. The molecule has 3 aliphatic carbocycles. The standard InChI is InChI=1S/2C33H34F4O3.C21H20ClF3.2C12H15FO3.6CH4/c2*1-5-21(18-30(38)39-4)23-8-6-10-29(31(23)35)40-19-20-11-13-24(25(16-20)27-9-7-15-33(27,2)3)26-17-22(32(36)37)12-14-28(26)34;1-21(2)9-3-4-18(21)16-10-13(12-22)5-7-15(16)17-11-14(20(24)25)6-8-19(17)23;2*1-3-8(7-11(15)16-2)9-5-4-6-10(14)12(9)13;;;;;;/h2*6,8-14,16-17,21,32H,5,7,15,18-19H2,1-4H3;4-8,10-11,20H,3,9,12H2,1-2H3;2*4-6,8,14H,3,7H2,1-2H3;6*1H4/t2*21-;;2*8-;;;;;;/m10.10....../s1. The SMILES string of the molecule is C.C.C.C.C.C.CC1(C)CCC=C1c1cc(CCl)ccc1-c1cc(C(F)F)ccc1F.CC[C@@H](CC(=O)OC)c1cccc(O)c1F.CC[C@@H](CC(=O)OC)c1cccc(OCc2ccc(-c3cc(C(F)F)ccc3F)c(C3=CCCC3(C)C)c2)c1F.CC[C@H](CC(=O)OC)c1cccc(O)c1F.CC[C@H](CC(=O)OC)c1cccc(OCc2ccc(-c3cc(C(F)F)ccc3F)c(C3=CCCC3(C)C)c2)c1F. The van der Waals surface area contributed by atoms with E-state index in [1.807, 2.05) is 52.0 Å². The van der Waals surface area contributed by atoms with E-state index in [9.17, 15) is 77.7 Å². The average molecular weight is 2020 g/mol. The third-order valence-corrected chi connectivity index (χ3v) is 25.8. The van der Waals surface area contributed by atoms with Crippen molar-refractivity contribution >= 4 is 52.2 Å². The Hall–Kier alpha value is -12.1. The van der Waals surface area contributed by atoms with Crippen LogP contribution in [0.5, 0.6) is 23.0 Å². The molecule has 10 aromatic carbocycles. The van der Waals surface area contributed by atoms with Crippen LogP contribution in [0.4, 0.5) is 57.1 Å². The summed E-state index contributed by atoms with van der Waals surface area (Å²) < 4.78 is 213. The van der Waals surface area contributed by atoms with Gasteiger partial charge in [-0.15, -0.1) is 11.6 Å². The van der Waals surface area contributed by atoms with Gasteiger partial charge in [-0.25, -0.2) is 57.1 Å². The predicted octanol–water partition coefficient (Wildman–Crippen LogP) is 35.2. The second-order valence-electron chi connectivity index (χ2n) is 35.8. The molecule has 0 fully saturated rings. The summed E-state index contributed by atoms with van der Waals surface area (Å²) in [6.07, 6.45) is 6.45. The zero-order valence-electron chi connectivity index (χ0n) is 79.4. The molecule has 0 unspecified atom stereocenters.